The standard InChI is InChI=1S/C20H19N3O2S/c1-25-15-8-9-17-19(13-15)26-18-6-3-2-5-16(18)23(17)20(24)7-4-11-22-12-10-21-14-22/h2-3,5-6,8-10,12-14H,4,7,11H2,1H3. The van der Waals surface area contributed by atoms with Crippen LogP contribution in [-0.2, 0) is 11.3 Å². The molecule has 5 nitrogen and oxygen atoms in total. The molecular weight excluding hydrogens is 346 g/mol. The molecule has 1 aliphatic heterocycles. The van der Waals surface area contributed by atoms with E-state index in [9.17, 15) is 4.79 Å². The molecule has 0 bridgehead atoms. The van der Waals surface area contributed by atoms with Crippen molar-refractivity contribution in [3.05, 3.63) is 61.2 Å². The van der Waals surface area contributed by atoms with Crippen LogP contribution in [0.3, 0.4) is 0 Å². The number of aryl methyl sites for hydroxylation is 1. The van der Waals surface area contributed by atoms with Gasteiger partial charge in [-0.15, -0.1) is 0 Å². The summed E-state index contributed by atoms with van der Waals surface area (Å²) >= 11 is 1.67. The topological polar surface area (TPSA) is 47.4 Å². The lowest BCUT2D eigenvalue weighted by Crippen LogP contribution is -2.28. The van der Waals surface area contributed by atoms with Gasteiger partial charge in [-0.05, 0) is 36.8 Å². The van der Waals surface area contributed by atoms with Gasteiger partial charge in [0.05, 0.1) is 24.8 Å². The van der Waals surface area contributed by atoms with Gasteiger partial charge in [-0.3, -0.25) is 9.69 Å². The van der Waals surface area contributed by atoms with Gasteiger partial charge in [-0.25, -0.2) is 4.98 Å². The lowest BCUT2D eigenvalue weighted by molar-refractivity contribution is -0.118. The Bertz CT molecular complexity index is 925. The Morgan fingerprint density at radius 2 is 2.00 bits per heavy atom. The molecule has 0 aliphatic carbocycles. The number of carbonyl (C=O) groups is 1. The third-order valence-corrected chi connectivity index (χ3v) is 5.46. The summed E-state index contributed by atoms with van der Waals surface area (Å²) in [5.41, 5.74) is 1.87. The number of benzene rings is 2. The summed E-state index contributed by atoms with van der Waals surface area (Å²) in [4.78, 5) is 21.1. The van der Waals surface area contributed by atoms with Crippen LogP contribution < -0.4 is 9.64 Å². The Labute approximate surface area is 156 Å². The number of hydrogen-bond donors (Lipinski definition) is 0. The number of ether oxygens (including phenoxy) is 1. The molecule has 26 heavy (non-hydrogen) atoms. The summed E-state index contributed by atoms with van der Waals surface area (Å²) in [6.45, 7) is 0.783. The fourth-order valence-corrected chi connectivity index (χ4v) is 4.16. The summed E-state index contributed by atoms with van der Waals surface area (Å²) in [6, 6.07) is 13.9. The maximum atomic E-state index is 13.1. The second kappa shape index (κ2) is 7.25. The molecule has 2 heterocycles. The molecule has 0 atom stereocenters. The highest BCUT2D eigenvalue weighted by Crippen LogP contribution is 2.49. The van der Waals surface area contributed by atoms with Crippen molar-refractivity contribution in [1.82, 2.24) is 9.55 Å². The predicted molar refractivity (Wildman–Crippen MR) is 102 cm³/mol. The molecule has 4 rings (SSSR count). The SMILES string of the molecule is COc1ccc2c(c1)Sc1ccccc1N2C(=O)CCCn1ccnc1. The Kier molecular flexibility index (Phi) is 4.67. The Morgan fingerprint density at radius 3 is 2.81 bits per heavy atom. The molecule has 0 fully saturated rings. The molecule has 0 unspecified atom stereocenters. The molecule has 0 saturated carbocycles. The van der Waals surface area contributed by atoms with Gasteiger partial charge in [-0.1, -0.05) is 23.9 Å². The van der Waals surface area contributed by atoms with Crippen LogP contribution >= 0.6 is 11.8 Å². The highest BCUT2D eigenvalue weighted by Gasteiger charge is 2.28. The molecule has 1 aliphatic rings. The van der Waals surface area contributed by atoms with E-state index in [0.717, 1.165) is 39.9 Å². The van der Waals surface area contributed by atoms with Crippen LogP contribution in [0.2, 0.25) is 0 Å². The lowest BCUT2D eigenvalue weighted by Gasteiger charge is -2.31. The summed E-state index contributed by atoms with van der Waals surface area (Å²) < 4.78 is 7.34. The molecule has 2 aromatic carbocycles. The minimum Gasteiger partial charge on any atom is -0.497 e. The molecule has 0 saturated heterocycles. The van der Waals surface area contributed by atoms with Crippen LogP contribution in [0.15, 0.2) is 71.0 Å². The van der Waals surface area contributed by atoms with Crippen LogP contribution in [0.25, 0.3) is 0 Å². The maximum Gasteiger partial charge on any atom is 0.231 e. The first-order valence-electron chi connectivity index (χ1n) is 8.50. The van der Waals surface area contributed by atoms with E-state index in [0.29, 0.717) is 6.42 Å². The van der Waals surface area contributed by atoms with E-state index in [4.69, 9.17) is 4.74 Å². The Hall–Kier alpha value is -2.73. The molecule has 6 heteroatoms. The van der Waals surface area contributed by atoms with Crippen molar-refractivity contribution < 1.29 is 9.53 Å². The highest BCUT2D eigenvalue weighted by atomic mass is 32.2. The second-order valence-electron chi connectivity index (χ2n) is 6.04. The summed E-state index contributed by atoms with van der Waals surface area (Å²) in [5.74, 6) is 0.896. The normalized spacial score (nSPS) is 12.4. The van der Waals surface area contributed by atoms with Crippen molar-refractivity contribution >= 4 is 29.0 Å². The number of nitrogens with zero attached hydrogens (tertiary/aromatic N) is 3. The molecule has 0 spiro atoms. The number of imidazole rings is 1. The number of hydrogen-bond acceptors (Lipinski definition) is 4. The van der Waals surface area contributed by atoms with E-state index in [-0.39, 0.29) is 5.91 Å². The number of amides is 1. The van der Waals surface area contributed by atoms with Crippen molar-refractivity contribution in [1.29, 1.82) is 0 Å². The average Bonchev–Trinajstić information content (AvgIpc) is 3.19. The van der Waals surface area contributed by atoms with E-state index < -0.39 is 0 Å². The zero-order valence-corrected chi connectivity index (χ0v) is 15.3. The Balaban J connectivity index is 1.61. The van der Waals surface area contributed by atoms with E-state index in [1.54, 1.807) is 31.4 Å². The molecule has 3 aromatic rings. The molecular formula is C20H19N3O2S. The molecule has 0 N–H and O–H groups in total. The fourth-order valence-electron chi connectivity index (χ4n) is 3.08. The van der Waals surface area contributed by atoms with Gasteiger partial charge in [0.15, 0.2) is 0 Å². The number of aromatic nitrogens is 2. The number of methoxy groups -OCH3 is 1. The van der Waals surface area contributed by atoms with Gasteiger partial charge < -0.3 is 9.30 Å². The van der Waals surface area contributed by atoms with Crippen molar-refractivity contribution in [2.75, 3.05) is 12.0 Å². The van der Waals surface area contributed by atoms with Crippen molar-refractivity contribution in [3.63, 3.8) is 0 Å². The minimum atomic E-state index is 0.101. The molecule has 0 radical (unpaired) electrons. The van der Waals surface area contributed by atoms with Crippen LogP contribution in [0.5, 0.6) is 5.75 Å². The van der Waals surface area contributed by atoms with Crippen LogP contribution in [0.1, 0.15) is 12.8 Å². The smallest absolute Gasteiger partial charge is 0.231 e. The van der Waals surface area contributed by atoms with E-state index in [1.807, 2.05) is 58.1 Å². The van der Waals surface area contributed by atoms with Crippen molar-refractivity contribution in [3.8, 4) is 5.75 Å². The first-order chi connectivity index (χ1) is 12.8. The molecule has 132 valence electrons. The second-order valence-corrected chi connectivity index (χ2v) is 7.12. The largest absolute Gasteiger partial charge is 0.497 e. The molecule has 1 amide bonds. The summed E-state index contributed by atoms with van der Waals surface area (Å²) in [5, 5.41) is 0. The predicted octanol–water partition coefficient (Wildman–Crippen LogP) is 4.50. The van der Waals surface area contributed by atoms with Crippen molar-refractivity contribution in [2.24, 2.45) is 0 Å². The van der Waals surface area contributed by atoms with Gasteiger partial charge in [0.25, 0.3) is 0 Å². The minimum absolute atomic E-state index is 0.101. The lowest BCUT2D eigenvalue weighted by atomic mass is 10.1. The number of carbonyl (C=O) groups excluding carboxylic acids is 1. The first-order valence-corrected chi connectivity index (χ1v) is 9.31. The van der Waals surface area contributed by atoms with Crippen LogP contribution in [-0.4, -0.2) is 22.6 Å². The number of para-hydroxylation sites is 1. The number of rotatable bonds is 5. The summed E-state index contributed by atoms with van der Waals surface area (Å²) in [6.07, 6.45) is 6.69. The quantitative estimate of drug-likeness (QED) is 0.668. The zero-order chi connectivity index (χ0) is 17.9. The maximum absolute atomic E-state index is 13.1. The van der Waals surface area contributed by atoms with Crippen molar-refractivity contribution in [2.45, 2.75) is 29.2 Å². The van der Waals surface area contributed by atoms with Crippen LogP contribution in [0, 0.1) is 0 Å². The Morgan fingerprint density at radius 1 is 1.15 bits per heavy atom. The molecule has 1 aromatic heterocycles. The van der Waals surface area contributed by atoms with Gasteiger partial charge in [-0.2, -0.15) is 0 Å². The third kappa shape index (κ3) is 3.20. The van der Waals surface area contributed by atoms with Gasteiger partial charge in [0.2, 0.25) is 5.91 Å². The number of anilines is 2. The van der Waals surface area contributed by atoms with Gasteiger partial charge in [0, 0.05) is 35.2 Å². The number of fused-ring (bicyclic) bond motifs is 2. The van der Waals surface area contributed by atoms with Crippen LogP contribution in [0.4, 0.5) is 11.4 Å². The van der Waals surface area contributed by atoms with E-state index in [2.05, 4.69) is 4.98 Å². The monoisotopic (exact) mass is 365 g/mol. The summed E-state index contributed by atoms with van der Waals surface area (Å²) in [7, 11) is 1.65. The van der Waals surface area contributed by atoms with Gasteiger partial charge >= 0.3 is 0 Å². The zero-order valence-electron chi connectivity index (χ0n) is 14.5. The highest BCUT2D eigenvalue weighted by molar-refractivity contribution is 7.99. The fraction of sp³-hybridized carbons (Fsp3) is 0.200. The third-order valence-electron chi connectivity index (χ3n) is 4.35. The first kappa shape index (κ1) is 16.7. The van der Waals surface area contributed by atoms with Gasteiger partial charge in [0.1, 0.15) is 5.75 Å². The average molecular weight is 365 g/mol. The van der Waals surface area contributed by atoms with E-state index in [1.165, 1.54) is 0 Å². The van der Waals surface area contributed by atoms with E-state index >= 15 is 0 Å².